The highest BCUT2D eigenvalue weighted by molar-refractivity contribution is 9.10. The molecule has 1 aromatic heterocycles. The molecule has 1 aromatic rings. The lowest BCUT2D eigenvalue weighted by Crippen LogP contribution is -2.25. The number of hydrogen-bond acceptors (Lipinski definition) is 3. The number of aryl methyl sites for hydroxylation is 1. The molecule has 82 valence electrons. The minimum Gasteiger partial charge on any atom is -0.358 e. The summed E-state index contributed by atoms with van der Waals surface area (Å²) >= 11 is 5.57. The third-order valence-corrected chi connectivity index (χ3v) is 4.89. The van der Waals surface area contributed by atoms with Crippen molar-refractivity contribution < 1.29 is 4.74 Å². The Morgan fingerprint density at radius 3 is 3.40 bits per heavy atom. The molecule has 2 saturated heterocycles. The predicted octanol–water partition coefficient (Wildman–Crippen LogP) is 2.40. The van der Waals surface area contributed by atoms with Gasteiger partial charge in [-0.3, -0.25) is 4.68 Å². The minimum atomic E-state index is -0.0335. The Balaban J connectivity index is 2.01. The van der Waals surface area contributed by atoms with Gasteiger partial charge in [0.2, 0.25) is 0 Å². The molecule has 2 unspecified atom stereocenters. The minimum absolute atomic E-state index is 0.0335. The molecule has 0 aliphatic carbocycles. The number of thioether (sulfide) groups is 1. The Hall–Kier alpha value is -0.0000000000000000763. The van der Waals surface area contributed by atoms with Crippen molar-refractivity contribution in [2.24, 2.45) is 0 Å². The second kappa shape index (κ2) is 3.50. The Kier molecular flexibility index (Phi) is 2.37. The van der Waals surface area contributed by atoms with Crippen LogP contribution in [0.1, 0.15) is 19.0 Å². The topological polar surface area (TPSA) is 30.4 Å². The van der Waals surface area contributed by atoms with Crippen LogP contribution in [0.5, 0.6) is 0 Å². The van der Waals surface area contributed by atoms with E-state index in [1.165, 1.54) is 17.9 Å². The summed E-state index contributed by atoms with van der Waals surface area (Å²) in [6, 6.07) is 0. The Morgan fingerprint density at radius 1 is 1.80 bits per heavy atom. The molecule has 0 spiro atoms. The van der Waals surface area contributed by atoms with Crippen LogP contribution in [0, 0.1) is 0 Å². The van der Waals surface area contributed by atoms with Gasteiger partial charge in [0.1, 0.15) is 5.60 Å². The molecule has 2 fully saturated rings. The molecule has 2 aliphatic heterocycles. The van der Waals surface area contributed by atoms with E-state index >= 15 is 0 Å². The van der Waals surface area contributed by atoms with Crippen LogP contribution in [0.15, 0.2) is 10.7 Å². The lowest BCUT2D eigenvalue weighted by Gasteiger charge is -2.18. The van der Waals surface area contributed by atoms with E-state index in [-0.39, 0.29) is 5.60 Å². The van der Waals surface area contributed by atoms with Crippen LogP contribution in [0.25, 0.3) is 0 Å². The van der Waals surface area contributed by atoms with Gasteiger partial charge in [-0.05, 0) is 35.0 Å². The zero-order valence-electron chi connectivity index (χ0n) is 8.57. The second-order valence-electron chi connectivity index (χ2n) is 3.99. The highest BCUT2D eigenvalue weighted by Crippen LogP contribution is 2.54. The molecule has 15 heavy (non-hydrogen) atoms. The lowest BCUT2D eigenvalue weighted by molar-refractivity contribution is 0.304. The number of aromatic nitrogens is 2. The van der Waals surface area contributed by atoms with Gasteiger partial charge in [-0.15, -0.1) is 0 Å². The molecular weight excluding hydrogens is 276 g/mol. The van der Waals surface area contributed by atoms with Crippen molar-refractivity contribution in [2.45, 2.75) is 31.6 Å². The fourth-order valence-corrected chi connectivity index (χ4v) is 4.20. The molecule has 0 bridgehead atoms. The Labute approximate surface area is 102 Å². The van der Waals surface area contributed by atoms with Crippen LogP contribution in [-0.2, 0) is 16.9 Å². The largest absolute Gasteiger partial charge is 0.358 e. The van der Waals surface area contributed by atoms with E-state index in [4.69, 9.17) is 4.74 Å². The van der Waals surface area contributed by atoms with E-state index in [1.807, 2.05) is 18.0 Å². The number of ether oxygens (including phenoxy) is 1. The van der Waals surface area contributed by atoms with Gasteiger partial charge >= 0.3 is 0 Å². The maximum atomic E-state index is 5.92. The molecule has 0 N–H and O–H groups in total. The van der Waals surface area contributed by atoms with Crippen molar-refractivity contribution in [3.8, 4) is 0 Å². The van der Waals surface area contributed by atoms with Gasteiger partial charge in [-0.25, -0.2) is 0 Å². The summed E-state index contributed by atoms with van der Waals surface area (Å²) in [7, 11) is 0. The fourth-order valence-electron chi connectivity index (χ4n) is 2.35. The van der Waals surface area contributed by atoms with E-state index in [2.05, 4.69) is 32.6 Å². The average Bonchev–Trinajstić information content (AvgIpc) is 2.87. The monoisotopic (exact) mass is 288 g/mol. The Morgan fingerprint density at radius 2 is 2.67 bits per heavy atom. The molecule has 0 saturated carbocycles. The van der Waals surface area contributed by atoms with E-state index in [1.54, 1.807) is 0 Å². The summed E-state index contributed by atoms with van der Waals surface area (Å²) in [6.07, 6.45) is 3.48. The molecule has 2 atom stereocenters. The van der Waals surface area contributed by atoms with Crippen molar-refractivity contribution in [1.29, 1.82) is 0 Å². The quantitative estimate of drug-likeness (QED) is 0.783. The normalized spacial score (nSPS) is 33.9. The van der Waals surface area contributed by atoms with Crippen LogP contribution in [0.4, 0.5) is 0 Å². The summed E-state index contributed by atoms with van der Waals surface area (Å²) in [5.74, 6) is 2.30. The first kappa shape index (κ1) is 10.2. The van der Waals surface area contributed by atoms with E-state index in [0.29, 0.717) is 6.10 Å². The summed E-state index contributed by atoms with van der Waals surface area (Å²) < 4.78 is 9.07. The standard InChI is InChI=1S/C10H13BrN2OS/c1-2-13-9(7(11)5-12-13)10-6-15-4-3-8(10)14-10/h5,8H,2-4,6H2,1H3. The fraction of sp³-hybridized carbons (Fsp3) is 0.700. The number of fused-ring (bicyclic) bond motifs is 1. The molecule has 0 amide bonds. The maximum absolute atomic E-state index is 5.92. The first-order valence-electron chi connectivity index (χ1n) is 5.25. The van der Waals surface area contributed by atoms with Crippen molar-refractivity contribution in [3.05, 3.63) is 16.4 Å². The van der Waals surface area contributed by atoms with Crippen LogP contribution >= 0.6 is 27.7 Å². The summed E-state index contributed by atoms with van der Waals surface area (Å²) in [5.41, 5.74) is 1.20. The number of nitrogens with zero attached hydrogens (tertiary/aromatic N) is 2. The molecule has 3 nitrogen and oxygen atoms in total. The molecule has 3 rings (SSSR count). The van der Waals surface area contributed by atoms with Crippen molar-refractivity contribution in [1.82, 2.24) is 9.78 Å². The molecule has 5 heteroatoms. The van der Waals surface area contributed by atoms with Gasteiger partial charge in [0, 0.05) is 12.3 Å². The van der Waals surface area contributed by atoms with Gasteiger partial charge in [0.05, 0.1) is 22.5 Å². The third-order valence-electron chi connectivity index (χ3n) is 3.15. The molecular formula is C10H13BrN2OS. The predicted molar refractivity (Wildman–Crippen MR) is 64.1 cm³/mol. The Bertz CT molecular complexity index is 395. The summed E-state index contributed by atoms with van der Waals surface area (Å²) in [5, 5.41) is 4.36. The summed E-state index contributed by atoms with van der Waals surface area (Å²) in [4.78, 5) is 0. The van der Waals surface area contributed by atoms with Gasteiger partial charge < -0.3 is 4.74 Å². The van der Waals surface area contributed by atoms with Crippen LogP contribution in [0.2, 0.25) is 0 Å². The van der Waals surface area contributed by atoms with Crippen molar-refractivity contribution in [3.63, 3.8) is 0 Å². The third kappa shape index (κ3) is 1.40. The van der Waals surface area contributed by atoms with Crippen molar-refractivity contribution >= 4 is 27.7 Å². The molecule has 2 aliphatic rings. The van der Waals surface area contributed by atoms with Gasteiger partial charge in [-0.1, -0.05) is 0 Å². The van der Waals surface area contributed by atoms with Gasteiger partial charge in [0.25, 0.3) is 0 Å². The zero-order valence-corrected chi connectivity index (χ0v) is 11.0. The first-order chi connectivity index (χ1) is 7.28. The summed E-state index contributed by atoms with van der Waals surface area (Å²) in [6.45, 7) is 3.02. The van der Waals surface area contributed by atoms with E-state index in [0.717, 1.165) is 16.8 Å². The highest BCUT2D eigenvalue weighted by Gasteiger charge is 2.61. The number of hydrogen-bond donors (Lipinski definition) is 0. The second-order valence-corrected chi connectivity index (χ2v) is 5.95. The molecule has 0 radical (unpaired) electrons. The number of rotatable bonds is 2. The molecule has 3 heterocycles. The van der Waals surface area contributed by atoms with E-state index < -0.39 is 0 Å². The van der Waals surface area contributed by atoms with E-state index in [9.17, 15) is 0 Å². The van der Waals surface area contributed by atoms with Gasteiger partial charge in [0.15, 0.2) is 0 Å². The maximum Gasteiger partial charge on any atom is 0.146 e. The van der Waals surface area contributed by atoms with Crippen molar-refractivity contribution in [2.75, 3.05) is 11.5 Å². The number of halogens is 1. The van der Waals surface area contributed by atoms with Crippen LogP contribution in [-0.4, -0.2) is 27.4 Å². The average molecular weight is 289 g/mol. The highest BCUT2D eigenvalue weighted by atomic mass is 79.9. The zero-order chi connectivity index (χ0) is 10.5. The van der Waals surface area contributed by atoms with Gasteiger partial charge in [-0.2, -0.15) is 16.9 Å². The van der Waals surface area contributed by atoms with Crippen LogP contribution in [0.3, 0.4) is 0 Å². The van der Waals surface area contributed by atoms with Crippen LogP contribution < -0.4 is 0 Å². The smallest absolute Gasteiger partial charge is 0.146 e. The lowest BCUT2D eigenvalue weighted by atomic mass is 10.0. The molecule has 0 aromatic carbocycles. The first-order valence-corrected chi connectivity index (χ1v) is 7.20. The SMILES string of the molecule is CCn1ncc(Br)c1C12CSCCC1O2. The number of epoxide rings is 1.